The number of hydrogen-bond acceptors (Lipinski definition) is 2. The van der Waals surface area contributed by atoms with Crippen LogP contribution in [0.15, 0.2) is 24.3 Å². The second-order valence-corrected chi connectivity index (χ2v) is 7.04. The van der Waals surface area contributed by atoms with E-state index in [2.05, 4.69) is 24.0 Å². The molecule has 1 saturated carbocycles. The van der Waals surface area contributed by atoms with Crippen LogP contribution >= 0.6 is 23.4 Å². The zero-order valence-corrected chi connectivity index (χ0v) is 12.6. The highest BCUT2D eigenvalue weighted by Gasteiger charge is 2.18. The molecule has 0 spiro atoms. The molecular weight excluding hydrogens is 262 g/mol. The molecule has 1 nitrogen and oxygen atoms in total. The third-order valence-corrected chi connectivity index (χ3v) is 5.11. The molecule has 0 bridgehead atoms. The lowest BCUT2D eigenvalue weighted by Crippen LogP contribution is -2.17. The number of benzene rings is 1. The van der Waals surface area contributed by atoms with Crippen LogP contribution in [0, 0.1) is 5.92 Å². The number of nitrogens with one attached hydrogen (secondary N) is 1. The maximum Gasteiger partial charge on any atom is 0.0407 e. The average molecular weight is 284 g/mol. The Morgan fingerprint density at radius 1 is 1.28 bits per heavy atom. The maximum absolute atomic E-state index is 5.86. The Balaban J connectivity index is 1.62. The monoisotopic (exact) mass is 283 g/mol. The smallest absolute Gasteiger partial charge is 0.0407 e. The lowest BCUT2D eigenvalue weighted by Gasteiger charge is -2.26. The molecule has 100 valence electrons. The van der Waals surface area contributed by atoms with E-state index >= 15 is 0 Å². The molecular formula is C15H22ClNS. The predicted octanol–water partition coefficient (Wildman–Crippen LogP) is 5.06. The summed E-state index contributed by atoms with van der Waals surface area (Å²) >= 11 is 7.99. The minimum absolute atomic E-state index is 0.797. The Bertz CT molecular complexity index is 352. The van der Waals surface area contributed by atoms with Gasteiger partial charge in [-0.05, 0) is 43.0 Å². The molecule has 1 aliphatic rings. The van der Waals surface area contributed by atoms with Crippen LogP contribution in [0.1, 0.15) is 32.6 Å². The minimum Gasteiger partial charge on any atom is -0.384 e. The van der Waals surface area contributed by atoms with Crippen molar-refractivity contribution in [3.05, 3.63) is 29.3 Å². The van der Waals surface area contributed by atoms with E-state index in [0.29, 0.717) is 0 Å². The SMILES string of the molecule is CC1CCCC(SCCNc2ccc(Cl)cc2)C1. The number of thioether (sulfide) groups is 1. The molecule has 0 saturated heterocycles. The first-order valence-electron chi connectivity index (χ1n) is 6.85. The molecule has 2 atom stereocenters. The second kappa shape index (κ2) is 7.30. The van der Waals surface area contributed by atoms with E-state index in [9.17, 15) is 0 Å². The van der Waals surface area contributed by atoms with Crippen molar-refractivity contribution < 1.29 is 0 Å². The standard InChI is InChI=1S/C15H22ClNS/c1-12-3-2-4-15(11-12)18-10-9-17-14-7-5-13(16)6-8-14/h5-8,12,15,17H,2-4,9-11H2,1H3. The molecule has 0 radical (unpaired) electrons. The minimum atomic E-state index is 0.797. The van der Waals surface area contributed by atoms with Crippen LogP contribution in [0.2, 0.25) is 5.02 Å². The van der Waals surface area contributed by atoms with Gasteiger partial charge in [0, 0.05) is 28.3 Å². The van der Waals surface area contributed by atoms with Crippen molar-refractivity contribution in [3.63, 3.8) is 0 Å². The van der Waals surface area contributed by atoms with Crippen LogP contribution in [0.5, 0.6) is 0 Å². The first-order chi connectivity index (χ1) is 8.74. The number of hydrogen-bond donors (Lipinski definition) is 1. The van der Waals surface area contributed by atoms with Gasteiger partial charge in [-0.2, -0.15) is 11.8 Å². The van der Waals surface area contributed by atoms with Gasteiger partial charge in [0.15, 0.2) is 0 Å². The van der Waals surface area contributed by atoms with Crippen LogP contribution in [0.25, 0.3) is 0 Å². The zero-order valence-electron chi connectivity index (χ0n) is 11.0. The Kier molecular flexibility index (Phi) is 5.71. The summed E-state index contributed by atoms with van der Waals surface area (Å²) in [7, 11) is 0. The summed E-state index contributed by atoms with van der Waals surface area (Å²) in [5, 5.41) is 5.13. The summed E-state index contributed by atoms with van der Waals surface area (Å²) in [5.41, 5.74) is 1.16. The lowest BCUT2D eigenvalue weighted by atomic mass is 9.91. The summed E-state index contributed by atoms with van der Waals surface area (Å²) in [6.07, 6.45) is 5.67. The van der Waals surface area contributed by atoms with E-state index in [1.807, 2.05) is 24.3 Å². The highest BCUT2D eigenvalue weighted by Crippen LogP contribution is 2.31. The van der Waals surface area contributed by atoms with Gasteiger partial charge in [-0.1, -0.05) is 31.4 Å². The first-order valence-corrected chi connectivity index (χ1v) is 8.28. The Labute approximate surface area is 120 Å². The van der Waals surface area contributed by atoms with Crippen LogP contribution in [-0.2, 0) is 0 Å². The van der Waals surface area contributed by atoms with E-state index in [4.69, 9.17) is 11.6 Å². The molecule has 0 heterocycles. The van der Waals surface area contributed by atoms with Gasteiger partial charge in [0.1, 0.15) is 0 Å². The van der Waals surface area contributed by atoms with Crippen molar-refractivity contribution in [2.75, 3.05) is 17.6 Å². The van der Waals surface area contributed by atoms with E-state index in [1.165, 1.54) is 31.4 Å². The van der Waals surface area contributed by atoms with Crippen LogP contribution in [-0.4, -0.2) is 17.5 Å². The van der Waals surface area contributed by atoms with Crippen LogP contribution in [0.3, 0.4) is 0 Å². The van der Waals surface area contributed by atoms with Gasteiger partial charge in [0.05, 0.1) is 0 Å². The summed E-state index contributed by atoms with van der Waals surface area (Å²) in [6, 6.07) is 7.94. The predicted molar refractivity (Wildman–Crippen MR) is 83.8 cm³/mol. The molecule has 1 aromatic rings. The van der Waals surface area contributed by atoms with Gasteiger partial charge in [0.2, 0.25) is 0 Å². The molecule has 0 aliphatic heterocycles. The summed E-state index contributed by atoms with van der Waals surface area (Å²) in [6.45, 7) is 3.43. The third kappa shape index (κ3) is 4.74. The van der Waals surface area contributed by atoms with Crippen molar-refractivity contribution in [1.82, 2.24) is 0 Å². The van der Waals surface area contributed by atoms with Gasteiger partial charge in [-0.3, -0.25) is 0 Å². The van der Waals surface area contributed by atoms with Gasteiger partial charge >= 0.3 is 0 Å². The van der Waals surface area contributed by atoms with E-state index in [0.717, 1.165) is 28.4 Å². The fraction of sp³-hybridized carbons (Fsp3) is 0.600. The highest BCUT2D eigenvalue weighted by atomic mass is 35.5. The Morgan fingerprint density at radius 3 is 2.78 bits per heavy atom. The summed E-state index contributed by atoms with van der Waals surface area (Å²) in [5.74, 6) is 2.13. The molecule has 2 unspecified atom stereocenters. The molecule has 3 heteroatoms. The van der Waals surface area contributed by atoms with Crippen molar-refractivity contribution >= 4 is 29.1 Å². The second-order valence-electron chi connectivity index (χ2n) is 5.20. The first kappa shape index (κ1) is 14.1. The van der Waals surface area contributed by atoms with E-state index < -0.39 is 0 Å². The van der Waals surface area contributed by atoms with Crippen LogP contribution in [0.4, 0.5) is 5.69 Å². The molecule has 1 aliphatic carbocycles. The highest BCUT2D eigenvalue weighted by molar-refractivity contribution is 7.99. The van der Waals surface area contributed by atoms with E-state index in [-0.39, 0.29) is 0 Å². The van der Waals surface area contributed by atoms with Crippen molar-refractivity contribution in [1.29, 1.82) is 0 Å². The molecule has 2 rings (SSSR count). The van der Waals surface area contributed by atoms with Gasteiger partial charge in [-0.15, -0.1) is 0 Å². The lowest BCUT2D eigenvalue weighted by molar-refractivity contribution is 0.394. The normalized spacial score (nSPS) is 23.9. The van der Waals surface area contributed by atoms with Gasteiger partial charge in [-0.25, -0.2) is 0 Å². The molecule has 1 fully saturated rings. The number of halogens is 1. The van der Waals surface area contributed by atoms with E-state index in [1.54, 1.807) is 0 Å². The largest absolute Gasteiger partial charge is 0.384 e. The number of anilines is 1. The molecule has 1 N–H and O–H groups in total. The third-order valence-electron chi connectivity index (χ3n) is 3.52. The fourth-order valence-electron chi connectivity index (χ4n) is 2.52. The van der Waals surface area contributed by atoms with Crippen LogP contribution < -0.4 is 5.32 Å². The van der Waals surface area contributed by atoms with Crippen molar-refractivity contribution in [3.8, 4) is 0 Å². The van der Waals surface area contributed by atoms with Gasteiger partial charge in [0.25, 0.3) is 0 Å². The van der Waals surface area contributed by atoms with Crippen molar-refractivity contribution in [2.45, 2.75) is 37.9 Å². The zero-order chi connectivity index (χ0) is 12.8. The maximum atomic E-state index is 5.86. The van der Waals surface area contributed by atoms with Crippen molar-refractivity contribution in [2.24, 2.45) is 5.92 Å². The molecule has 1 aromatic carbocycles. The quantitative estimate of drug-likeness (QED) is 0.758. The number of rotatable bonds is 5. The van der Waals surface area contributed by atoms with Gasteiger partial charge < -0.3 is 5.32 Å². The average Bonchev–Trinajstić information content (AvgIpc) is 2.37. The Hall–Kier alpha value is -0.340. The molecule has 18 heavy (non-hydrogen) atoms. The topological polar surface area (TPSA) is 12.0 Å². The fourth-order valence-corrected chi connectivity index (χ4v) is 4.00. The summed E-state index contributed by atoms with van der Waals surface area (Å²) < 4.78 is 0. The molecule has 0 amide bonds. The molecule has 0 aromatic heterocycles. The summed E-state index contributed by atoms with van der Waals surface area (Å²) in [4.78, 5) is 0. The Morgan fingerprint density at radius 2 is 2.06 bits per heavy atom.